The molecule has 4 atom stereocenters. The summed E-state index contributed by atoms with van der Waals surface area (Å²) in [7, 11) is 0. The smallest absolute Gasteiger partial charge is 0.0362 e. The molecule has 3 aromatic heterocycles. The van der Waals surface area contributed by atoms with Gasteiger partial charge in [0.25, 0.3) is 0 Å². The zero-order valence-corrected chi connectivity index (χ0v) is 33.1. The highest BCUT2D eigenvalue weighted by Crippen LogP contribution is 2.62. The molecule has 54 heavy (non-hydrogen) atoms. The van der Waals surface area contributed by atoms with Crippen molar-refractivity contribution in [3.8, 4) is 22.3 Å². The summed E-state index contributed by atoms with van der Waals surface area (Å²) in [6.45, 7) is 4.97. The van der Waals surface area contributed by atoms with Gasteiger partial charge in [-0.1, -0.05) is 129 Å². The molecule has 3 unspecified atom stereocenters. The SMILES string of the molecule is CC1c2sc3ccccc3c2C=C2SC3=C(C21)C(C)[C@@H](c1ccccc1-c1ccccc1-c1ccc2sc4cc5c(cc4c2c1)sc1ccccc15)C=C3. The van der Waals surface area contributed by atoms with Gasteiger partial charge in [0.15, 0.2) is 0 Å². The number of thioether (sulfide) groups is 1. The van der Waals surface area contributed by atoms with Crippen molar-refractivity contribution in [3.63, 3.8) is 0 Å². The van der Waals surface area contributed by atoms with Crippen LogP contribution in [0.15, 0.2) is 155 Å². The Balaban J connectivity index is 0.936. The zero-order chi connectivity index (χ0) is 35.7. The summed E-state index contributed by atoms with van der Waals surface area (Å²) in [5.41, 5.74) is 9.73. The lowest BCUT2D eigenvalue weighted by atomic mass is 9.69. The maximum atomic E-state index is 2.53. The van der Waals surface area contributed by atoms with Crippen LogP contribution in [0, 0.1) is 11.8 Å². The molecule has 0 amide bonds. The Hall–Kier alpha value is -4.71. The van der Waals surface area contributed by atoms with E-state index in [9.17, 15) is 0 Å². The van der Waals surface area contributed by atoms with Gasteiger partial charge in [-0.3, -0.25) is 0 Å². The van der Waals surface area contributed by atoms with E-state index in [1.54, 1.807) is 10.5 Å². The molecule has 9 aromatic rings. The fourth-order valence-corrected chi connectivity index (χ4v) is 14.8. The van der Waals surface area contributed by atoms with Crippen LogP contribution in [0.25, 0.3) is 78.8 Å². The first-order valence-electron chi connectivity index (χ1n) is 18.9. The van der Waals surface area contributed by atoms with E-state index in [4.69, 9.17) is 0 Å². The maximum absolute atomic E-state index is 2.53. The van der Waals surface area contributed by atoms with Crippen molar-refractivity contribution in [3.05, 3.63) is 171 Å². The minimum atomic E-state index is 0.302. The van der Waals surface area contributed by atoms with Crippen LogP contribution in [-0.2, 0) is 0 Å². The highest BCUT2D eigenvalue weighted by molar-refractivity contribution is 8.07. The molecular weight excluding hydrogens is 729 g/mol. The van der Waals surface area contributed by atoms with Crippen LogP contribution >= 0.6 is 45.8 Å². The van der Waals surface area contributed by atoms with Gasteiger partial charge in [0, 0.05) is 78.0 Å². The van der Waals surface area contributed by atoms with Gasteiger partial charge in [-0.2, -0.15) is 0 Å². The minimum Gasteiger partial charge on any atom is -0.139 e. The Kier molecular flexibility index (Phi) is 6.96. The Morgan fingerprint density at radius 1 is 0.500 bits per heavy atom. The monoisotopic (exact) mass is 762 g/mol. The van der Waals surface area contributed by atoms with Crippen LogP contribution in [0.5, 0.6) is 0 Å². The van der Waals surface area contributed by atoms with Crippen LogP contribution in [0.3, 0.4) is 0 Å². The molecule has 12 rings (SSSR count). The Bertz CT molecular complexity index is 3140. The topological polar surface area (TPSA) is 0 Å². The van der Waals surface area contributed by atoms with Gasteiger partial charge < -0.3 is 0 Å². The van der Waals surface area contributed by atoms with Crippen LogP contribution in [0.1, 0.15) is 41.7 Å². The summed E-state index contributed by atoms with van der Waals surface area (Å²) in [6, 6.07) is 48.1. The lowest BCUT2D eigenvalue weighted by Gasteiger charge is -2.34. The van der Waals surface area contributed by atoms with E-state index >= 15 is 0 Å². The molecule has 4 heteroatoms. The summed E-state index contributed by atoms with van der Waals surface area (Å²) in [6.07, 6.45) is 7.48. The minimum absolute atomic E-state index is 0.302. The first kappa shape index (κ1) is 31.6. The lowest BCUT2D eigenvalue weighted by Crippen LogP contribution is -2.23. The van der Waals surface area contributed by atoms with Gasteiger partial charge in [-0.25, -0.2) is 0 Å². The van der Waals surface area contributed by atoms with Crippen molar-refractivity contribution < 1.29 is 0 Å². The molecule has 258 valence electrons. The average Bonchev–Trinajstić information content (AvgIpc) is 3.97. The maximum Gasteiger partial charge on any atom is 0.0362 e. The van der Waals surface area contributed by atoms with Gasteiger partial charge in [0.05, 0.1) is 0 Å². The van der Waals surface area contributed by atoms with Gasteiger partial charge in [0.2, 0.25) is 0 Å². The molecule has 3 aliphatic rings. The third-order valence-electron chi connectivity index (χ3n) is 12.3. The molecule has 0 saturated carbocycles. The molecule has 0 N–H and O–H groups in total. The van der Waals surface area contributed by atoms with Gasteiger partial charge >= 0.3 is 0 Å². The number of benzene rings is 6. The van der Waals surface area contributed by atoms with E-state index < -0.39 is 0 Å². The van der Waals surface area contributed by atoms with E-state index in [2.05, 4.69) is 159 Å². The molecule has 1 aliphatic heterocycles. The Labute approximate surface area is 330 Å². The number of thiophene rings is 3. The zero-order valence-electron chi connectivity index (χ0n) is 29.8. The second kappa shape index (κ2) is 11.9. The summed E-state index contributed by atoms with van der Waals surface area (Å²) in [5, 5.41) is 6.86. The van der Waals surface area contributed by atoms with Crippen molar-refractivity contribution in [1.82, 2.24) is 0 Å². The van der Waals surface area contributed by atoms with Crippen LogP contribution in [-0.4, -0.2) is 0 Å². The summed E-state index contributed by atoms with van der Waals surface area (Å²) >= 11 is 7.85. The second-order valence-electron chi connectivity index (χ2n) is 15.2. The van der Waals surface area contributed by atoms with Gasteiger partial charge in [-0.05, 0) is 92.3 Å². The fraction of sp³-hybridized carbons (Fsp3) is 0.120. The normalized spacial score (nSPS) is 20.7. The first-order valence-corrected chi connectivity index (χ1v) is 22.1. The molecule has 0 fully saturated rings. The Morgan fingerprint density at radius 3 is 1.94 bits per heavy atom. The average molecular weight is 763 g/mol. The predicted molar refractivity (Wildman–Crippen MR) is 240 cm³/mol. The summed E-state index contributed by atoms with van der Waals surface area (Å²) in [5.74, 6) is 1.63. The molecule has 4 heterocycles. The van der Waals surface area contributed by atoms with Crippen LogP contribution < -0.4 is 0 Å². The molecule has 0 spiro atoms. The number of rotatable bonds is 3. The quantitative estimate of drug-likeness (QED) is 0.173. The third-order valence-corrected chi connectivity index (χ3v) is 17.2. The molecule has 0 saturated heterocycles. The molecule has 6 aromatic carbocycles. The van der Waals surface area contributed by atoms with Crippen molar-refractivity contribution >= 4 is 102 Å². The van der Waals surface area contributed by atoms with E-state index in [0.717, 1.165) is 0 Å². The van der Waals surface area contributed by atoms with Gasteiger partial charge in [0.1, 0.15) is 0 Å². The molecule has 0 radical (unpaired) electrons. The lowest BCUT2D eigenvalue weighted by molar-refractivity contribution is 0.496. The highest BCUT2D eigenvalue weighted by Gasteiger charge is 2.44. The molecular formula is C50H34S4. The molecule has 2 aliphatic carbocycles. The van der Waals surface area contributed by atoms with Crippen molar-refractivity contribution in [2.24, 2.45) is 11.8 Å². The van der Waals surface area contributed by atoms with E-state index in [1.807, 2.05) is 45.8 Å². The van der Waals surface area contributed by atoms with Crippen LogP contribution in [0.4, 0.5) is 0 Å². The fourth-order valence-electron chi connectivity index (χ4n) is 9.78. The molecule has 0 nitrogen and oxygen atoms in total. The molecule has 0 bridgehead atoms. The second-order valence-corrected chi connectivity index (χ2v) is 19.5. The van der Waals surface area contributed by atoms with Crippen molar-refractivity contribution in [2.75, 3.05) is 0 Å². The summed E-state index contributed by atoms with van der Waals surface area (Å²) in [4.78, 5) is 4.56. The van der Waals surface area contributed by atoms with E-state index in [1.165, 1.54) is 93.6 Å². The van der Waals surface area contributed by atoms with E-state index in [-0.39, 0.29) is 0 Å². The number of hydrogen-bond donors (Lipinski definition) is 0. The Morgan fingerprint density at radius 2 is 1.13 bits per heavy atom. The van der Waals surface area contributed by atoms with E-state index in [0.29, 0.717) is 23.7 Å². The number of allylic oxidation sites excluding steroid dienone is 4. The van der Waals surface area contributed by atoms with Crippen LogP contribution in [0.2, 0.25) is 0 Å². The number of hydrogen-bond acceptors (Lipinski definition) is 4. The number of fused-ring (bicyclic) bond motifs is 11. The predicted octanol–water partition coefficient (Wildman–Crippen LogP) is 16.0. The van der Waals surface area contributed by atoms with Crippen molar-refractivity contribution in [1.29, 1.82) is 0 Å². The largest absolute Gasteiger partial charge is 0.139 e. The van der Waals surface area contributed by atoms with Crippen molar-refractivity contribution in [2.45, 2.75) is 25.7 Å². The standard InChI is InChI=1S/C50H34S4/c1-27-30(20-22-44-48(27)49-28(2)50-40(26-47(49)53-44)36-16-8-10-18-42(36)54-50)32-12-5-6-14-34(32)33-13-4-3-11-31(33)29-19-21-43-37(23-29)39-25-45-38(24-46(39)52-43)35-15-7-9-17-41(35)51-45/h3-28,30,49H,1-2H3/t27?,28?,30-,49?/m0/s1. The third kappa shape index (κ3) is 4.55. The highest BCUT2D eigenvalue weighted by atomic mass is 32.2. The summed E-state index contributed by atoms with van der Waals surface area (Å²) < 4.78 is 6.85. The van der Waals surface area contributed by atoms with Gasteiger partial charge in [-0.15, -0.1) is 34.0 Å². The first-order chi connectivity index (χ1) is 26.6.